The third-order valence-electron chi connectivity index (χ3n) is 3.48. The van der Waals surface area contributed by atoms with Gasteiger partial charge < -0.3 is 4.90 Å². The number of piperazine rings is 1. The Morgan fingerprint density at radius 2 is 1.80 bits per heavy atom. The number of nitro benzene ring substituents is 1. The highest BCUT2D eigenvalue weighted by molar-refractivity contribution is 6.62. The molecule has 0 aliphatic carbocycles. The zero-order chi connectivity index (χ0) is 14.5. The minimum atomic E-state index is -0.397. The second kappa shape index (κ2) is 6.67. The van der Waals surface area contributed by atoms with Crippen LogP contribution in [0, 0.1) is 10.1 Å². The summed E-state index contributed by atoms with van der Waals surface area (Å²) in [7, 11) is 0. The number of amides is 1. The Hall–Kier alpha value is -1.66. The van der Waals surface area contributed by atoms with Crippen molar-refractivity contribution >= 4 is 22.7 Å². The highest BCUT2D eigenvalue weighted by atomic mass is 35.5. The van der Waals surface area contributed by atoms with Crippen molar-refractivity contribution in [3.05, 3.63) is 39.9 Å². The molecule has 0 bridgehead atoms. The van der Waals surface area contributed by atoms with Crippen LogP contribution in [0.4, 0.5) is 10.5 Å². The molecule has 6 nitrogen and oxygen atoms in total. The Kier molecular flexibility index (Phi) is 4.92. The molecule has 1 aromatic carbocycles. The summed E-state index contributed by atoms with van der Waals surface area (Å²) in [6, 6.07) is 6.63. The number of hydrogen-bond donors (Lipinski definition) is 0. The Morgan fingerprint density at radius 1 is 1.20 bits per heavy atom. The summed E-state index contributed by atoms with van der Waals surface area (Å²) in [5.74, 6) is 0. The summed E-state index contributed by atoms with van der Waals surface area (Å²) in [5, 5.41) is 10.2. The van der Waals surface area contributed by atoms with Gasteiger partial charge in [-0.15, -0.1) is 0 Å². The van der Waals surface area contributed by atoms with Crippen LogP contribution in [-0.2, 0) is 6.42 Å². The molecule has 1 amide bonds. The zero-order valence-corrected chi connectivity index (χ0v) is 11.8. The van der Waals surface area contributed by atoms with Gasteiger partial charge in [-0.2, -0.15) is 0 Å². The van der Waals surface area contributed by atoms with Crippen LogP contribution < -0.4 is 0 Å². The second-order valence-electron chi connectivity index (χ2n) is 4.76. The van der Waals surface area contributed by atoms with Gasteiger partial charge in [-0.25, -0.2) is 0 Å². The molecule has 1 aliphatic heterocycles. The predicted octanol–water partition coefficient (Wildman–Crippen LogP) is 2.11. The normalized spacial score (nSPS) is 16.1. The third-order valence-corrected chi connectivity index (χ3v) is 3.72. The molecule has 1 heterocycles. The number of rotatable bonds is 4. The summed E-state index contributed by atoms with van der Waals surface area (Å²) in [5.41, 5.74) is 1.19. The summed E-state index contributed by atoms with van der Waals surface area (Å²) in [6.45, 7) is 3.81. The molecule has 0 N–H and O–H groups in total. The molecule has 0 atom stereocenters. The van der Waals surface area contributed by atoms with Crippen molar-refractivity contribution in [3.8, 4) is 0 Å². The van der Waals surface area contributed by atoms with Gasteiger partial charge >= 0.3 is 5.37 Å². The number of benzene rings is 1. The van der Waals surface area contributed by atoms with Gasteiger partial charge in [-0.3, -0.25) is 19.8 Å². The van der Waals surface area contributed by atoms with Crippen LogP contribution in [0.1, 0.15) is 5.56 Å². The average Bonchev–Trinajstić information content (AvgIpc) is 2.46. The molecule has 1 aliphatic rings. The first-order valence-electron chi connectivity index (χ1n) is 6.46. The van der Waals surface area contributed by atoms with Crippen molar-refractivity contribution in [1.29, 1.82) is 0 Å². The van der Waals surface area contributed by atoms with Gasteiger partial charge in [-0.05, 0) is 23.6 Å². The molecule has 20 heavy (non-hydrogen) atoms. The number of non-ortho nitro benzene ring substituents is 1. The lowest BCUT2D eigenvalue weighted by Crippen LogP contribution is -2.47. The summed E-state index contributed by atoms with van der Waals surface area (Å²) < 4.78 is 0. The Morgan fingerprint density at radius 3 is 2.30 bits per heavy atom. The molecule has 2 rings (SSSR count). The smallest absolute Gasteiger partial charge is 0.316 e. The molecule has 0 spiro atoms. The van der Waals surface area contributed by atoms with Crippen LogP contribution in [0.5, 0.6) is 0 Å². The third kappa shape index (κ3) is 3.91. The van der Waals surface area contributed by atoms with Crippen LogP contribution in [0.2, 0.25) is 0 Å². The zero-order valence-electron chi connectivity index (χ0n) is 11.0. The SMILES string of the molecule is O=C(Cl)N1CCN(CCc2ccc([N+](=O)[O-])cc2)CC1. The molecule has 1 aromatic rings. The predicted molar refractivity (Wildman–Crippen MR) is 76.1 cm³/mol. The maximum atomic E-state index is 11.0. The average molecular weight is 298 g/mol. The topological polar surface area (TPSA) is 66.7 Å². The fourth-order valence-corrected chi connectivity index (χ4v) is 2.39. The van der Waals surface area contributed by atoms with Crippen LogP contribution in [0.15, 0.2) is 24.3 Å². The molecule has 0 aromatic heterocycles. The van der Waals surface area contributed by atoms with Crippen molar-refractivity contribution in [2.24, 2.45) is 0 Å². The monoisotopic (exact) mass is 297 g/mol. The molecule has 1 fully saturated rings. The van der Waals surface area contributed by atoms with Gasteiger partial charge in [0.1, 0.15) is 0 Å². The van der Waals surface area contributed by atoms with E-state index in [-0.39, 0.29) is 11.1 Å². The fraction of sp³-hybridized carbons (Fsp3) is 0.462. The van der Waals surface area contributed by atoms with Crippen LogP contribution in [-0.4, -0.2) is 52.8 Å². The Balaban J connectivity index is 1.78. The summed E-state index contributed by atoms with van der Waals surface area (Å²) in [4.78, 5) is 25.0. The number of nitrogens with zero attached hydrogens (tertiary/aromatic N) is 3. The molecule has 0 unspecified atom stereocenters. The Labute approximate surface area is 122 Å². The van der Waals surface area contributed by atoms with Crippen molar-refractivity contribution in [1.82, 2.24) is 9.80 Å². The van der Waals surface area contributed by atoms with E-state index in [0.29, 0.717) is 13.1 Å². The standard InChI is InChI=1S/C13H16ClN3O3/c14-13(18)16-9-7-15(8-10-16)6-5-11-1-3-12(4-2-11)17(19)20/h1-4H,5-10H2. The Bertz CT molecular complexity index is 484. The first-order chi connectivity index (χ1) is 9.56. The van der Waals surface area contributed by atoms with Crippen LogP contribution >= 0.6 is 11.6 Å². The maximum absolute atomic E-state index is 11.0. The van der Waals surface area contributed by atoms with Gasteiger partial charge in [0.2, 0.25) is 0 Å². The van der Waals surface area contributed by atoms with Crippen LogP contribution in [0.3, 0.4) is 0 Å². The lowest BCUT2D eigenvalue weighted by molar-refractivity contribution is -0.384. The quantitative estimate of drug-likeness (QED) is 0.369. The minimum Gasteiger partial charge on any atom is -0.327 e. The van der Waals surface area contributed by atoms with Gasteiger partial charge in [0, 0.05) is 44.9 Å². The number of nitro groups is 1. The van der Waals surface area contributed by atoms with Crippen molar-refractivity contribution in [2.45, 2.75) is 6.42 Å². The summed E-state index contributed by atoms with van der Waals surface area (Å²) in [6.07, 6.45) is 0.840. The van der Waals surface area contributed by atoms with Gasteiger partial charge in [0.25, 0.3) is 5.69 Å². The van der Waals surface area contributed by atoms with E-state index in [1.54, 1.807) is 17.0 Å². The lowest BCUT2D eigenvalue weighted by atomic mass is 10.1. The molecule has 0 saturated carbocycles. The highest BCUT2D eigenvalue weighted by Gasteiger charge is 2.19. The first kappa shape index (κ1) is 14.7. The molecule has 7 heteroatoms. The van der Waals surface area contributed by atoms with E-state index in [0.717, 1.165) is 31.6 Å². The van der Waals surface area contributed by atoms with E-state index in [4.69, 9.17) is 11.6 Å². The van der Waals surface area contributed by atoms with Gasteiger partial charge in [-0.1, -0.05) is 12.1 Å². The number of carbonyl (C=O) groups excluding carboxylic acids is 1. The van der Waals surface area contributed by atoms with E-state index >= 15 is 0 Å². The molecular weight excluding hydrogens is 282 g/mol. The number of carbonyl (C=O) groups is 1. The lowest BCUT2D eigenvalue weighted by Gasteiger charge is -2.33. The fourth-order valence-electron chi connectivity index (χ4n) is 2.22. The minimum absolute atomic E-state index is 0.114. The molecule has 108 valence electrons. The largest absolute Gasteiger partial charge is 0.327 e. The summed E-state index contributed by atoms with van der Waals surface area (Å²) >= 11 is 5.43. The van der Waals surface area contributed by atoms with Crippen molar-refractivity contribution in [2.75, 3.05) is 32.7 Å². The molecule has 0 radical (unpaired) electrons. The van der Waals surface area contributed by atoms with E-state index in [1.165, 1.54) is 12.1 Å². The molecular formula is C13H16ClN3O3. The molecule has 1 saturated heterocycles. The maximum Gasteiger partial charge on any atom is 0.316 e. The van der Waals surface area contributed by atoms with Crippen LogP contribution in [0.25, 0.3) is 0 Å². The van der Waals surface area contributed by atoms with E-state index < -0.39 is 4.92 Å². The van der Waals surface area contributed by atoms with Crippen molar-refractivity contribution in [3.63, 3.8) is 0 Å². The number of halogens is 1. The van der Waals surface area contributed by atoms with Gasteiger partial charge in [0.15, 0.2) is 0 Å². The first-order valence-corrected chi connectivity index (χ1v) is 6.84. The van der Waals surface area contributed by atoms with Gasteiger partial charge in [0.05, 0.1) is 4.92 Å². The number of hydrogen-bond acceptors (Lipinski definition) is 4. The van der Waals surface area contributed by atoms with Crippen molar-refractivity contribution < 1.29 is 9.72 Å². The van der Waals surface area contributed by atoms with E-state index in [9.17, 15) is 14.9 Å². The second-order valence-corrected chi connectivity index (χ2v) is 5.08. The van der Waals surface area contributed by atoms with E-state index in [2.05, 4.69) is 4.90 Å². The van der Waals surface area contributed by atoms with E-state index in [1.807, 2.05) is 0 Å². The highest BCUT2D eigenvalue weighted by Crippen LogP contribution is 2.13.